The highest BCUT2D eigenvalue weighted by Crippen LogP contribution is 2.10. The van der Waals surface area contributed by atoms with Gasteiger partial charge in [0, 0.05) is 18.6 Å². The zero-order valence-electron chi connectivity index (χ0n) is 7.69. The Balaban J connectivity index is 2.93. The quantitative estimate of drug-likeness (QED) is 0.621. The summed E-state index contributed by atoms with van der Waals surface area (Å²) in [4.78, 5) is 11.6. The molecule has 0 aliphatic heterocycles. The van der Waals surface area contributed by atoms with E-state index < -0.39 is 0 Å². The average Bonchev–Trinajstić information content (AvgIpc) is 2.23. The van der Waals surface area contributed by atoms with E-state index in [9.17, 15) is 4.79 Å². The minimum Gasteiger partial charge on any atom is -0.318 e. The van der Waals surface area contributed by atoms with Crippen LogP contribution in [-0.2, 0) is 7.05 Å². The van der Waals surface area contributed by atoms with Crippen molar-refractivity contribution in [2.75, 3.05) is 0 Å². The fourth-order valence-corrected chi connectivity index (χ4v) is 1.41. The number of hydrogen-bond donors (Lipinski definition) is 0. The molecule has 0 aliphatic carbocycles. The minimum absolute atomic E-state index is 0.0698. The Hall–Kier alpha value is -2.08. The summed E-state index contributed by atoms with van der Waals surface area (Å²) >= 11 is 0. The van der Waals surface area contributed by atoms with Crippen LogP contribution in [0.15, 0.2) is 35.3 Å². The van der Waals surface area contributed by atoms with Crippen LogP contribution >= 0.6 is 0 Å². The molecule has 0 amide bonds. The predicted molar refractivity (Wildman–Crippen MR) is 53.9 cm³/mol. The molecular weight excluding hydrogens is 176 g/mol. The molecule has 2 rings (SSSR count). The fraction of sp³-hybridized carbons (Fsp3) is 0.0909. The maximum absolute atomic E-state index is 11.6. The summed E-state index contributed by atoms with van der Waals surface area (Å²) in [6.07, 6.45) is 1.72. The Bertz CT molecular complexity index is 590. The van der Waals surface area contributed by atoms with Crippen molar-refractivity contribution >= 4 is 10.8 Å². The van der Waals surface area contributed by atoms with E-state index in [1.807, 2.05) is 12.1 Å². The number of nitrogens with zero attached hydrogens (tertiary/aromatic N) is 2. The van der Waals surface area contributed by atoms with Gasteiger partial charge in [0.15, 0.2) is 0 Å². The van der Waals surface area contributed by atoms with E-state index in [0.29, 0.717) is 10.9 Å². The van der Waals surface area contributed by atoms with E-state index in [0.717, 1.165) is 5.39 Å². The molecule has 68 valence electrons. The zero-order valence-corrected chi connectivity index (χ0v) is 7.69. The third kappa shape index (κ3) is 1.17. The van der Waals surface area contributed by atoms with Gasteiger partial charge < -0.3 is 4.57 Å². The van der Waals surface area contributed by atoms with Crippen LogP contribution in [-0.4, -0.2) is 4.57 Å². The third-order valence-electron chi connectivity index (χ3n) is 2.21. The van der Waals surface area contributed by atoms with Gasteiger partial charge in [-0.3, -0.25) is 4.79 Å². The van der Waals surface area contributed by atoms with Crippen LogP contribution in [0.2, 0.25) is 0 Å². The van der Waals surface area contributed by atoms with Gasteiger partial charge in [-0.15, -0.1) is 0 Å². The molecule has 0 atom stereocenters. The molecule has 0 aliphatic rings. The molecule has 0 spiro atoms. The average molecular weight is 184 g/mol. The molecule has 3 heteroatoms. The second kappa shape index (κ2) is 3.00. The van der Waals surface area contributed by atoms with Crippen LogP contribution in [0.5, 0.6) is 0 Å². The van der Waals surface area contributed by atoms with Crippen molar-refractivity contribution in [3.8, 4) is 6.07 Å². The van der Waals surface area contributed by atoms with Crippen molar-refractivity contribution in [2.24, 2.45) is 7.05 Å². The van der Waals surface area contributed by atoms with Gasteiger partial charge in [0.05, 0.1) is 11.6 Å². The van der Waals surface area contributed by atoms with Crippen molar-refractivity contribution in [3.05, 3.63) is 46.4 Å². The SMILES string of the molecule is Cn1ccc2ccc(C#N)cc2c1=O. The van der Waals surface area contributed by atoms with E-state index in [4.69, 9.17) is 5.26 Å². The van der Waals surface area contributed by atoms with Gasteiger partial charge in [-0.05, 0) is 23.6 Å². The Morgan fingerprint density at radius 2 is 2.14 bits per heavy atom. The summed E-state index contributed by atoms with van der Waals surface area (Å²) in [5.74, 6) is 0. The second-order valence-electron chi connectivity index (χ2n) is 3.15. The van der Waals surface area contributed by atoms with Crippen molar-refractivity contribution in [1.29, 1.82) is 5.26 Å². The molecule has 0 saturated heterocycles. The molecule has 0 unspecified atom stereocenters. The number of aromatic nitrogens is 1. The van der Waals surface area contributed by atoms with Crippen LogP contribution in [0.1, 0.15) is 5.56 Å². The van der Waals surface area contributed by atoms with Crippen LogP contribution in [0.4, 0.5) is 0 Å². The summed E-state index contributed by atoms with van der Waals surface area (Å²) in [5, 5.41) is 10.2. The van der Waals surface area contributed by atoms with Crippen molar-refractivity contribution in [2.45, 2.75) is 0 Å². The lowest BCUT2D eigenvalue weighted by Gasteiger charge is -2.00. The smallest absolute Gasteiger partial charge is 0.258 e. The van der Waals surface area contributed by atoms with Gasteiger partial charge in [-0.2, -0.15) is 5.26 Å². The first kappa shape index (κ1) is 8.52. The fourth-order valence-electron chi connectivity index (χ4n) is 1.41. The van der Waals surface area contributed by atoms with E-state index in [1.54, 1.807) is 31.4 Å². The summed E-state index contributed by atoms with van der Waals surface area (Å²) < 4.78 is 1.50. The van der Waals surface area contributed by atoms with Gasteiger partial charge in [0.2, 0.25) is 0 Å². The van der Waals surface area contributed by atoms with Crippen molar-refractivity contribution in [3.63, 3.8) is 0 Å². The van der Waals surface area contributed by atoms with E-state index in [1.165, 1.54) is 4.57 Å². The molecule has 3 nitrogen and oxygen atoms in total. The molecule has 14 heavy (non-hydrogen) atoms. The monoisotopic (exact) mass is 184 g/mol. The highest BCUT2D eigenvalue weighted by molar-refractivity contribution is 5.82. The molecule has 0 fully saturated rings. The molecule has 1 aromatic carbocycles. The number of aryl methyl sites for hydroxylation is 1. The van der Waals surface area contributed by atoms with Crippen LogP contribution in [0.25, 0.3) is 10.8 Å². The summed E-state index contributed by atoms with van der Waals surface area (Å²) in [5.41, 5.74) is 0.445. The highest BCUT2D eigenvalue weighted by Gasteiger charge is 2.00. The Kier molecular flexibility index (Phi) is 1.83. The first-order valence-corrected chi connectivity index (χ1v) is 4.22. The number of fused-ring (bicyclic) bond motifs is 1. The number of nitriles is 1. The molecular formula is C11H8N2O. The van der Waals surface area contributed by atoms with E-state index in [2.05, 4.69) is 0 Å². The van der Waals surface area contributed by atoms with Crippen LogP contribution in [0, 0.1) is 11.3 Å². The summed E-state index contributed by atoms with van der Waals surface area (Å²) in [6, 6.07) is 9.00. The first-order valence-electron chi connectivity index (χ1n) is 4.22. The molecule has 1 heterocycles. The molecule has 1 aromatic heterocycles. The topological polar surface area (TPSA) is 45.8 Å². The largest absolute Gasteiger partial charge is 0.318 e. The molecule has 0 saturated carbocycles. The van der Waals surface area contributed by atoms with Crippen LogP contribution < -0.4 is 5.56 Å². The zero-order chi connectivity index (χ0) is 10.1. The number of benzene rings is 1. The molecule has 0 radical (unpaired) electrons. The Labute approximate surface area is 80.8 Å². The van der Waals surface area contributed by atoms with Gasteiger partial charge in [0.1, 0.15) is 0 Å². The van der Waals surface area contributed by atoms with Gasteiger partial charge in [0.25, 0.3) is 5.56 Å². The standard InChI is InChI=1S/C11H8N2O/c1-13-5-4-9-3-2-8(7-12)6-10(9)11(13)14/h2-6H,1H3. The maximum Gasteiger partial charge on any atom is 0.258 e. The minimum atomic E-state index is -0.0698. The maximum atomic E-state index is 11.6. The lowest BCUT2D eigenvalue weighted by molar-refractivity contribution is 0.873. The summed E-state index contributed by atoms with van der Waals surface area (Å²) in [6.45, 7) is 0. The molecule has 2 aromatic rings. The van der Waals surface area contributed by atoms with Gasteiger partial charge in [-0.1, -0.05) is 6.07 Å². The number of hydrogen-bond acceptors (Lipinski definition) is 2. The van der Waals surface area contributed by atoms with Crippen molar-refractivity contribution in [1.82, 2.24) is 4.57 Å². The van der Waals surface area contributed by atoms with E-state index >= 15 is 0 Å². The van der Waals surface area contributed by atoms with Crippen LogP contribution in [0.3, 0.4) is 0 Å². The summed E-state index contributed by atoms with van der Waals surface area (Å²) in [7, 11) is 1.70. The predicted octanol–water partition coefficient (Wildman–Crippen LogP) is 1.41. The molecule has 0 N–H and O–H groups in total. The van der Waals surface area contributed by atoms with Crippen molar-refractivity contribution < 1.29 is 0 Å². The van der Waals surface area contributed by atoms with Gasteiger partial charge >= 0.3 is 0 Å². The normalized spacial score (nSPS) is 10.0. The highest BCUT2D eigenvalue weighted by atomic mass is 16.1. The lowest BCUT2D eigenvalue weighted by Crippen LogP contribution is -2.15. The molecule has 0 bridgehead atoms. The second-order valence-corrected chi connectivity index (χ2v) is 3.15. The Morgan fingerprint density at radius 3 is 2.86 bits per heavy atom. The number of pyridine rings is 1. The van der Waals surface area contributed by atoms with Gasteiger partial charge in [-0.25, -0.2) is 0 Å². The third-order valence-corrected chi connectivity index (χ3v) is 2.21. The lowest BCUT2D eigenvalue weighted by atomic mass is 10.1. The first-order chi connectivity index (χ1) is 6.72. The van der Waals surface area contributed by atoms with E-state index in [-0.39, 0.29) is 5.56 Å². The Morgan fingerprint density at radius 1 is 1.36 bits per heavy atom. The number of rotatable bonds is 0.